The lowest BCUT2D eigenvalue weighted by molar-refractivity contribution is -0.141. The molecule has 0 aliphatic carbocycles. The maximum absolute atomic E-state index is 13.2. The maximum atomic E-state index is 13.2. The number of halogens is 1. The summed E-state index contributed by atoms with van der Waals surface area (Å²) in [6, 6.07) is 6.37. The summed E-state index contributed by atoms with van der Waals surface area (Å²) in [4.78, 5) is 14.7. The van der Waals surface area contributed by atoms with Crippen molar-refractivity contribution in [1.29, 1.82) is 0 Å². The topological polar surface area (TPSA) is 40.5 Å². The van der Waals surface area contributed by atoms with Crippen molar-refractivity contribution in [2.24, 2.45) is 11.8 Å². The van der Waals surface area contributed by atoms with Gasteiger partial charge in [0.05, 0.1) is 6.10 Å². The largest absolute Gasteiger partial charge is 0.391 e. The van der Waals surface area contributed by atoms with Crippen molar-refractivity contribution in [2.75, 3.05) is 13.1 Å². The van der Waals surface area contributed by atoms with Crippen molar-refractivity contribution < 1.29 is 14.3 Å². The number of unbranched alkanes of at least 4 members (excludes halogenated alkanes) is 2. The molecular weight excluding hydrogens is 317 g/mol. The number of β-amino-alcohol motifs (C(OH)–C–C–N with tert-alkyl or cyclic N) is 1. The monoisotopic (exact) mass is 349 g/mol. The van der Waals surface area contributed by atoms with E-state index in [1.807, 2.05) is 4.90 Å². The van der Waals surface area contributed by atoms with E-state index in [0.717, 1.165) is 37.7 Å². The van der Waals surface area contributed by atoms with Crippen molar-refractivity contribution in [3.63, 3.8) is 0 Å². The van der Waals surface area contributed by atoms with Crippen molar-refractivity contribution in [1.82, 2.24) is 4.90 Å². The zero-order chi connectivity index (χ0) is 18.4. The third-order valence-corrected chi connectivity index (χ3v) is 5.51. The van der Waals surface area contributed by atoms with Crippen molar-refractivity contribution in [3.8, 4) is 0 Å². The second-order valence-electron chi connectivity index (χ2n) is 7.47. The molecule has 1 aliphatic rings. The molecule has 4 unspecified atom stereocenters. The standard InChI is InChI=1S/C21H32FNO2/c1-4-6-7-8-16(5-2)21(25)23-13-15(3)20(19(24)14-23)17-9-11-18(22)12-10-17/h9-12,15-16,19-20,24H,4-8,13-14H2,1-3H3. The molecule has 1 N–H and O–H groups in total. The van der Waals surface area contributed by atoms with Crippen LogP contribution < -0.4 is 0 Å². The van der Waals surface area contributed by atoms with Gasteiger partial charge in [0.15, 0.2) is 0 Å². The fourth-order valence-electron chi connectivity index (χ4n) is 4.07. The van der Waals surface area contributed by atoms with Crippen LogP contribution in [0, 0.1) is 17.7 Å². The molecule has 4 atom stereocenters. The lowest BCUT2D eigenvalue weighted by Crippen LogP contribution is -2.51. The van der Waals surface area contributed by atoms with E-state index in [9.17, 15) is 14.3 Å². The summed E-state index contributed by atoms with van der Waals surface area (Å²) in [5.74, 6) is 0.0721. The number of amides is 1. The normalized spacial score (nSPS) is 25.0. The molecule has 1 aromatic rings. The predicted octanol–water partition coefficient (Wildman–Crippen LogP) is 4.36. The Morgan fingerprint density at radius 1 is 1.24 bits per heavy atom. The average Bonchev–Trinajstić information content (AvgIpc) is 2.59. The molecule has 1 fully saturated rings. The van der Waals surface area contributed by atoms with Gasteiger partial charge >= 0.3 is 0 Å². The third-order valence-electron chi connectivity index (χ3n) is 5.51. The number of hydrogen-bond donors (Lipinski definition) is 1. The summed E-state index contributed by atoms with van der Waals surface area (Å²) in [5, 5.41) is 10.7. The van der Waals surface area contributed by atoms with Crippen LogP contribution in [-0.2, 0) is 4.79 Å². The van der Waals surface area contributed by atoms with Crippen LogP contribution in [-0.4, -0.2) is 35.1 Å². The van der Waals surface area contributed by atoms with Gasteiger partial charge in [-0.25, -0.2) is 4.39 Å². The molecule has 140 valence electrons. The minimum Gasteiger partial charge on any atom is -0.391 e. The van der Waals surface area contributed by atoms with Crippen LogP contribution in [0.5, 0.6) is 0 Å². The lowest BCUT2D eigenvalue weighted by Gasteiger charge is -2.42. The number of carbonyl (C=O) groups excluding carboxylic acids is 1. The van der Waals surface area contributed by atoms with Crippen LogP contribution >= 0.6 is 0 Å². The molecule has 0 saturated carbocycles. The molecule has 1 heterocycles. The van der Waals surface area contributed by atoms with Crippen LogP contribution in [0.15, 0.2) is 24.3 Å². The number of likely N-dealkylation sites (tertiary alicyclic amines) is 1. The van der Waals surface area contributed by atoms with Crippen LogP contribution in [0.25, 0.3) is 0 Å². The highest BCUT2D eigenvalue weighted by molar-refractivity contribution is 5.79. The highest BCUT2D eigenvalue weighted by Gasteiger charge is 2.37. The number of rotatable bonds is 7. The fraction of sp³-hybridized carbons (Fsp3) is 0.667. The van der Waals surface area contributed by atoms with E-state index in [1.54, 1.807) is 12.1 Å². The van der Waals surface area contributed by atoms with Gasteiger partial charge in [-0.2, -0.15) is 0 Å². The molecule has 3 nitrogen and oxygen atoms in total. The van der Waals surface area contributed by atoms with Crippen molar-refractivity contribution in [2.45, 2.75) is 64.9 Å². The second kappa shape index (κ2) is 9.33. The second-order valence-corrected chi connectivity index (χ2v) is 7.47. The molecule has 1 saturated heterocycles. The Kier molecular flexibility index (Phi) is 7.42. The average molecular weight is 349 g/mol. The Balaban J connectivity index is 2.02. The minimum atomic E-state index is -0.605. The van der Waals surface area contributed by atoms with Gasteiger partial charge in [0.1, 0.15) is 5.82 Å². The Morgan fingerprint density at radius 3 is 2.48 bits per heavy atom. The van der Waals surface area contributed by atoms with E-state index in [-0.39, 0.29) is 29.5 Å². The quantitative estimate of drug-likeness (QED) is 0.743. The molecule has 25 heavy (non-hydrogen) atoms. The van der Waals surface area contributed by atoms with E-state index < -0.39 is 6.10 Å². The zero-order valence-corrected chi connectivity index (χ0v) is 15.7. The number of piperidine rings is 1. The number of benzene rings is 1. The van der Waals surface area contributed by atoms with Gasteiger partial charge in [0.2, 0.25) is 5.91 Å². The Labute approximate surface area is 151 Å². The third kappa shape index (κ3) is 5.04. The molecule has 1 aliphatic heterocycles. The summed E-state index contributed by atoms with van der Waals surface area (Å²) in [6.07, 6.45) is 4.59. The SMILES string of the molecule is CCCCCC(CC)C(=O)N1CC(C)C(c2ccc(F)cc2)C(O)C1. The van der Waals surface area contributed by atoms with Gasteiger partial charge in [-0.05, 0) is 36.5 Å². The van der Waals surface area contributed by atoms with Gasteiger partial charge in [-0.3, -0.25) is 4.79 Å². The molecule has 0 aromatic heterocycles. The number of aliphatic hydroxyl groups excluding tert-OH is 1. The summed E-state index contributed by atoms with van der Waals surface area (Å²) >= 11 is 0. The van der Waals surface area contributed by atoms with Gasteiger partial charge in [-0.15, -0.1) is 0 Å². The lowest BCUT2D eigenvalue weighted by atomic mass is 9.79. The van der Waals surface area contributed by atoms with Gasteiger partial charge in [-0.1, -0.05) is 52.2 Å². The van der Waals surface area contributed by atoms with Crippen LogP contribution in [0.3, 0.4) is 0 Å². The molecule has 2 rings (SSSR count). The summed E-state index contributed by atoms with van der Waals surface area (Å²) in [5.41, 5.74) is 0.948. The van der Waals surface area contributed by atoms with E-state index in [1.165, 1.54) is 12.1 Å². The van der Waals surface area contributed by atoms with Crippen molar-refractivity contribution >= 4 is 5.91 Å². The summed E-state index contributed by atoms with van der Waals surface area (Å²) < 4.78 is 13.2. The van der Waals surface area contributed by atoms with Gasteiger partial charge in [0.25, 0.3) is 0 Å². The number of hydrogen-bond acceptors (Lipinski definition) is 2. The summed E-state index contributed by atoms with van der Waals surface area (Å²) in [7, 11) is 0. The smallest absolute Gasteiger partial charge is 0.225 e. The van der Waals surface area contributed by atoms with E-state index in [4.69, 9.17) is 0 Å². The molecule has 0 radical (unpaired) electrons. The predicted molar refractivity (Wildman–Crippen MR) is 98.8 cm³/mol. The van der Waals surface area contributed by atoms with E-state index in [2.05, 4.69) is 20.8 Å². The Morgan fingerprint density at radius 2 is 1.92 bits per heavy atom. The zero-order valence-electron chi connectivity index (χ0n) is 15.7. The number of nitrogens with zero attached hydrogens (tertiary/aromatic N) is 1. The molecule has 4 heteroatoms. The minimum absolute atomic E-state index is 0.0511. The van der Waals surface area contributed by atoms with Crippen molar-refractivity contribution in [3.05, 3.63) is 35.6 Å². The first-order valence-electron chi connectivity index (χ1n) is 9.70. The van der Waals surface area contributed by atoms with Crippen LogP contribution in [0.4, 0.5) is 4.39 Å². The molecule has 0 bridgehead atoms. The van der Waals surface area contributed by atoms with Gasteiger partial charge < -0.3 is 10.0 Å². The first-order chi connectivity index (χ1) is 12.0. The first kappa shape index (κ1) is 19.9. The van der Waals surface area contributed by atoms with E-state index >= 15 is 0 Å². The maximum Gasteiger partial charge on any atom is 0.225 e. The Bertz CT molecular complexity index is 533. The molecule has 0 spiro atoms. The molecular formula is C21H32FNO2. The highest BCUT2D eigenvalue weighted by atomic mass is 19.1. The van der Waals surface area contributed by atoms with E-state index in [0.29, 0.717) is 13.1 Å². The van der Waals surface area contributed by atoms with Crippen LogP contribution in [0.1, 0.15) is 64.4 Å². The highest BCUT2D eigenvalue weighted by Crippen LogP contribution is 2.34. The molecule has 1 amide bonds. The van der Waals surface area contributed by atoms with Crippen LogP contribution in [0.2, 0.25) is 0 Å². The first-order valence-corrected chi connectivity index (χ1v) is 9.70. The fourth-order valence-corrected chi connectivity index (χ4v) is 4.07. The number of carbonyl (C=O) groups is 1. The summed E-state index contributed by atoms with van der Waals surface area (Å²) in [6.45, 7) is 7.33. The number of aliphatic hydroxyl groups is 1. The van der Waals surface area contributed by atoms with Gasteiger partial charge in [0, 0.05) is 24.9 Å². The Hall–Kier alpha value is -1.42. The molecule has 1 aromatic carbocycles.